The van der Waals surface area contributed by atoms with Crippen molar-refractivity contribution in [3.05, 3.63) is 63.6 Å². The van der Waals surface area contributed by atoms with Gasteiger partial charge in [-0.15, -0.1) is 11.3 Å². The van der Waals surface area contributed by atoms with E-state index in [-0.39, 0.29) is 5.91 Å². The van der Waals surface area contributed by atoms with Crippen molar-refractivity contribution in [3.8, 4) is 22.0 Å². The number of rotatable bonds is 8. The van der Waals surface area contributed by atoms with Crippen LogP contribution in [0.1, 0.15) is 80.3 Å². The molecule has 190 valence electrons. The first-order valence-electron chi connectivity index (χ1n) is 13.5. The van der Waals surface area contributed by atoms with Crippen molar-refractivity contribution in [2.24, 2.45) is 5.92 Å². The predicted molar refractivity (Wildman–Crippen MR) is 151 cm³/mol. The number of hydrogen-bond donors (Lipinski definition) is 1. The van der Waals surface area contributed by atoms with E-state index in [0.29, 0.717) is 10.9 Å². The molecule has 1 amide bonds. The lowest BCUT2D eigenvalue weighted by molar-refractivity contribution is 0.0943. The molecule has 2 aliphatic rings. The molecule has 1 saturated carbocycles. The molecule has 1 fully saturated rings. The molecule has 0 atom stereocenters. The highest BCUT2D eigenvalue weighted by molar-refractivity contribution is 7.13. The summed E-state index contributed by atoms with van der Waals surface area (Å²) >= 11 is 8.05. The maximum Gasteiger partial charge on any atom is 0.253 e. The number of benzene rings is 1. The number of halogens is 1. The summed E-state index contributed by atoms with van der Waals surface area (Å²) in [7, 11) is 0. The minimum atomic E-state index is 0.0384. The number of hydrogen-bond acceptors (Lipinski definition) is 3. The number of carbonyl (C=O) groups is 1. The van der Waals surface area contributed by atoms with Crippen molar-refractivity contribution in [2.75, 3.05) is 6.54 Å². The van der Waals surface area contributed by atoms with E-state index in [1.54, 1.807) is 16.9 Å². The summed E-state index contributed by atoms with van der Waals surface area (Å²) < 4.78 is 2.30. The quantitative estimate of drug-likeness (QED) is 0.302. The molecule has 1 N–H and O–H groups in total. The molecule has 2 aromatic heterocycles. The monoisotopic (exact) mass is 521 g/mol. The zero-order chi connectivity index (χ0) is 24.9. The number of aromatic nitrogens is 2. The van der Waals surface area contributed by atoms with Gasteiger partial charge in [0, 0.05) is 29.7 Å². The second-order valence-electron chi connectivity index (χ2n) is 10.3. The van der Waals surface area contributed by atoms with Gasteiger partial charge in [0.2, 0.25) is 0 Å². The molecule has 5 rings (SSSR count). The third-order valence-electron chi connectivity index (χ3n) is 7.80. The third-order valence-corrected chi connectivity index (χ3v) is 9.00. The zero-order valence-electron chi connectivity index (χ0n) is 21.2. The van der Waals surface area contributed by atoms with E-state index < -0.39 is 0 Å². The third kappa shape index (κ3) is 5.78. The topological polar surface area (TPSA) is 46.9 Å². The smallest absolute Gasteiger partial charge is 0.253 e. The molecule has 0 aliphatic heterocycles. The first-order valence-corrected chi connectivity index (χ1v) is 14.7. The maximum atomic E-state index is 13.3. The molecule has 2 aliphatic carbocycles. The highest BCUT2D eigenvalue weighted by Gasteiger charge is 2.22. The largest absolute Gasteiger partial charge is 0.352 e. The molecule has 0 unspecified atom stereocenters. The molecule has 4 nitrogen and oxygen atoms in total. The Morgan fingerprint density at radius 1 is 1.17 bits per heavy atom. The molecular weight excluding hydrogens is 486 g/mol. The van der Waals surface area contributed by atoms with Crippen LogP contribution in [0, 0.1) is 12.8 Å². The van der Waals surface area contributed by atoms with Gasteiger partial charge in [0.05, 0.1) is 22.0 Å². The summed E-state index contributed by atoms with van der Waals surface area (Å²) in [5.41, 5.74) is 6.20. The van der Waals surface area contributed by atoms with Crippen LogP contribution >= 0.6 is 22.9 Å². The van der Waals surface area contributed by atoms with Crippen molar-refractivity contribution < 1.29 is 4.79 Å². The normalized spacial score (nSPS) is 16.7. The van der Waals surface area contributed by atoms with Crippen LogP contribution in [0.15, 0.2) is 47.4 Å². The van der Waals surface area contributed by atoms with E-state index in [4.69, 9.17) is 16.6 Å². The minimum Gasteiger partial charge on any atom is -0.352 e. The van der Waals surface area contributed by atoms with Crippen LogP contribution < -0.4 is 5.32 Å². The summed E-state index contributed by atoms with van der Waals surface area (Å²) in [4.78, 5) is 18.3. The van der Waals surface area contributed by atoms with Gasteiger partial charge in [-0.25, -0.2) is 4.98 Å². The Balaban J connectivity index is 1.42. The fourth-order valence-electron chi connectivity index (χ4n) is 5.64. The lowest BCUT2D eigenvalue weighted by Crippen LogP contribution is -2.30. The molecule has 3 aromatic rings. The number of allylic oxidation sites excluding steroid dienone is 2. The Labute approximate surface area is 223 Å². The molecule has 6 heteroatoms. The van der Waals surface area contributed by atoms with Crippen LogP contribution in [-0.2, 0) is 6.54 Å². The molecule has 36 heavy (non-hydrogen) atoms. The Kier molecular flexibility index (Phi) is 8.28. The number of nitrogens with one attached hydrogen (secondary N) is 1. The summed E-state index contributed by atoms with van der Waals surface area (Å²) in [6.07, 6.45) is 14.8. The summed E-state index contributed by atoms with van der Waals surface area (Å²) in [6, 6.07) is 9.88. The lowest BCUT2D eigenvalue weighted by Gasteiger charge is -2.21. The standard InChI is InChI=1S/C30H36ClN3OS/c1-21-25(29(35)32-19-23-12-6-3-7-13-23)18-28(34(21)17-16-22-10-4-2-5-11-22)27-20-36-30(33-27)24-14-8-9-15-26(24)31/h8-10,14-15,18,20,23H,2-7,11-13,16-17,19H2,1H3,(H,32,35). The van der Waals surface area contributed by atoms with Crippen LogP contribution in [0.2, 0.25) is 5.02 Å². The Morgan fingerprint density at radius 2 is 2.00 bits per heavy atom. The first-order chi connectivity index (χ1) is 17.6. The van der Waals surface area contributed by atoms with Crippen molar-refractivity contribution in [2.45, 2.75) is 77.7 Å². The fourth-order valence-corrected chi connectivity index (χ4v) is 6.77. The van der Waals surface area contributed by atoms with Crippen molar-refractivity contribution in [3.63, 3.8) is 0 Å². The van der Waals surface area contributed by atoms with Gasteiger partial charge in [-0.3, -0.25) is 4.79 Å². The van der Waals surface area contributed by atoms with Gasteiger partial charge in [-0.2, -0.15) is 0 Å². The van der Waals surface area contributed by atoms with E-state index >= 15 is 0 Å². The van der Waals surface area contributed by atoms with E-state index in [0.717, 1.165) is 52.7 Å². The molecule has 1 aromatic carbocycles. The van der Waals surface area contributed by atoms with Crippen LogP contribution in [0.5, 0.6) is 0 Å². The van der Waals surface area contributed by atoms with Gasteiger partial charge < -0.3 is 9.88 Å². The Morgan fingerprint density at radius 3 is 2.78 bits per heavy atom. The molecule has 0 saturated heterocycles. The Bertz CT molecular complexity index is 1230. The first kappa shape index (κ1) is 25.3. The fraction of sp³-hybridized carbons (Fsp3) is 0.467. The van der Waals surface area contributed by atoms with E-state index in [1.165, 1.54) is 57.8 Å². The number of nitrogens with zero attached hydrogens (tertiary/aromatic N) is 2. The highest BCUT2D eigenvalue weighted by atomic mass is 35.5. The van der Waals surface area contributed by atoms with Gasteiger partial charge in [0.1, 0.15) is 5.01 Å². The van der Waals surface area contributed by atoms with E-state index in [2.05, 4.69) is 28.3 Å². The zero-order valence-corrected chi connectivity index (χ0v) is 22.8. The van der Waals surface area contributed by atoms with Crippen LogP contribution in [-0.4, -0.2) is 22.0 Å². The highest BCUT2D eigenvalue weighted by Crippen LogP contribution is 2.35. The molecule has 2 heterocycles. The van der Waals surface area contributed by atoms with E-state index in [1.807, 2.05) is 30.3 Å². The number of amides is 1. The predicted octanol–water partition coefficient (Wildman–Crippen LogP) is 8.44. The van der Waals surface area contributed by atoms with Gasteiger partial charge >= 0.3 is 0 Å². The molecule has 0 spiro atoms. The summed E-state index contributed by atoms with van der Waals surface area (Å²) in [5.74, 6) is 0.649. The average molecular weight is 522 g/mol. The van der Waals surface area contributed by atoms with Crippen LogP contribution in [0.3, 0.4) is 0 Å². The van der Waals surface area contributed by atoms with Crippen LogP contribution in [0.25, 0.3) is 22.0 Å². The van der Waals surface area contributed by atoms with Gasteiger partial charge in [-0.05, 0) is 69.9 Å². The number of thiazole rings is 1. The lowest BCUT2D eigenvalue weighted by atomic mass is 9.89. The van der Waals surface area contributed by atoms with E-state index in [9.17, 15) is 4.79 Å². The van der Waals surface area contributed by atoms with Gasteiger partial charge in [-0.1, -0.05) is 60.7 Å². The average Bonchev–Trinajstić information content (AvgIpc) is 3.52. The second-order valence-corrected chi connectivity index (χ2v) is 11.5. The van der Waals surface area contributed by atoms with Crippen LogP contribution in [0.4, 0.5) is 0 Å². The van der Waals surface area contributed by atoms with Crippen molar-refractivity contribution >= 4 is 28.8 Å². The number of carbonyl (C=O) groups excluding carboxylic acids is 1. The maximum absolute atomic E-state index is 13.3. The second kappa shape index (κ2) is 11.8. The summed E-state index contributed by atoms with van der Waals surface area (Å²) in [6.45, 7) is 3.72. The van der Waals surface area contributed by atoms with Gasteiger partial charge in [0.25, 0.3) is 5.91 Å². The SMILES string of the molecule is Cc1c(C(=O)NCC2CCCCC2)cc(-c2csc(-c3ccccc3Cl)n2)n1CCC1=CCCCC1. The molecular formula is C30H36ClN3OS. The molecule has 0 radical (unpaired) electrons. The van der Waals surface area contributed by atoms with Gasteiger partial charge in [0.15, 0.2) is 0 Å². The summed E-state index contributed by atoms with van der Waals surface area (Å²) in [5, 5.41) is 6.95. The molecule has 0 bridgehead atoms. The van der Waals surface area contributed by atoms with Crippen molar-refractivity contribution in [1.29, 1.82) is 0 Å². The minimum absolute atomic E-state index is 0.0384. The Hall–Kier alpha value is -2.37. The van der Waals surface area contributed by atoms with Crippen molar-refractivity contribution in [1.82, 2.24) is 14.9 Å².